The summed E-state index contributed by atoms with van der Waals surface area (Å²) < 4.78 is 46.6. The molecule has 28 heavy (non-hydrogen) atoms. The first-order valence-electron chi connectivity index (χ1n) is 8.22. The van der Waals surface area contributed by atoms with Gasteiger partial charge < -0.3 is 9.84 Å². The Balaban J connectivity index is 1.85. The highest BCUT2D eigenvalue weighted by atomic mass is 19.1. The van der Waals surface area contributed by atoms with E-state index in [1.807, 2.05) is 0 Å². The molecule has 0 unspecified atom stereocenters. The van der Waals surface area contributed by atoms with Crippen molar-refractivity contribution in [3.05, 3.63) is 77.2 Å². The average molecular weight is 383 g/mol. The molecular weight excluding hydrogens is 371 g/mol. The van der Waals surface area contributed by atoms with Crippen molar-refractivity contribution >= 4 is 22.7 Å². The molecule has 0 radical (unpaired) electrons. The molecule has 0 saturated carbocycles. The summed E-state index contributed by atoms with van der Waals surface area (Å²) in [6.07, 6.45) is 0. The van der Waals surface area contributed by atoms with Gasteiger partial charge in [-0.2, -0.15) is 0 Å². The van der Waals surface area contributed by atoms with Crippen molar-refractivity contribution in [2.24, 2.45) is 0 Å². The van der Waals surface area contributed by atoms with Crippen molar-refractivity contribution in [2.45, 2.75) is 6.92 Å². The first-order valence-corrected chi connectivity index (χ1v) is 8.22. The number of halogens is 3. The monoisotopic (exact) mass is 383 g/mol. The van der Waals surface area contributed by atoms with E-state index in [0.29, 0.717) is 11.1 Å². The van der Waals surface area contributed by atoms with E-state index in [1.54, 1.807) is 13.0 Å². The second-order valence-electron chi connectivity index (χ2n) is 6.06. The number of carbonyl (C=O) groups excluding carboxylic acids is 1. The summed E-state index contributed by atoms with van der Waals surface area (Å²) in [5.41, 5.74) is 0.439. The summed E-state index contributed by atoms with van der Waals surface area (Å²) >= 11 is 0. The number of rotatable bonds is 3. The molecule has 8 heteroatoms. The van der Waals surface area contributed by atoms with Crippen LogP contribution in [0.3, 0.4) is 0 Å². The number of nitrogens with zero attached hydrogens (tertiary/aromatic N) is 2. The number of nitrogens with one attached hydrogen (secondary N) is 1. The van der Waals surface area contributed by atoms with Crippen molar-refractivity contribution in [1.29, 1.82) is 0 Å². The van der Waals surface area contributed by atoms with E-state index in [4.69, 9.17) is 4.52 Å². The van der Waals surface area contributed by atoms with Crippen molar-refractivity contribution in [3.8, 4) is 11.3 Å². The highest BCUT2D eigenvalue weighted by Gasteiger charge is 2.21. The smallest absolute Gasteiger partial charge is 0.259 e. The van der Waals surface area contributed by atoms with Gasteiger partial charge in [0.1, 0.15) is 17.5 Å². The normalized spacial score (nSPS) is 11.0. The predicted molar refractivity (Wildman–Crippen MR) is 96.2 cm³/mol. The lowest BCUT2D eigenvalue weighted by molar-refractivity contribution is 0.102. The molecule has 1 N–H and O–H groups in total. The number of aromatic nitrogens is 2. The quantitative estimate of drug-likeness (QED) is 0.548. The second kappa shape index (κ2) is 6.80. The minimum absolute atomic E-state index is 0.0307. The summed E-state index contributed by atoms with van der Waals surface area (Å²) in [6.45, 7) is 1.61. The molecule has 0 fully saturated rings. The highest BCUT2D eigenvalue weighted by Crippen LogP contribution is 2.29. The summed E-state index contributed by atoms with van der Waals surface area (Å²) in [4.78, 5) is 17.0. The third-order valence-electron chi connectivity index (χ3n) is 4.19. The number of hydrogen-bond donors (Lipinski definition) is 1. The van der Waals surface area contributed by atoms with Crippen LogP contribution in [0, 0.1) is 24.4 Å². The van der Waals surface area contributed by atoms with Crippen molar-refractivity contribution < 1.29 is 22.5 Å². The van der Waals surface area contributed by atoms with Gasteiger partial charge >= 0.3 is 0 Å². The molecule has 0 atom stereocenters. The average Bonchev–Trinajstić information content (AvgIpc) is 3.05. The Hall–Kier alpha value is -3.68. The fourth-order valence-electron chi connectivity index (χ4n) is 2.86. The number of fused-ring (bicyclic) bond motifs is 1. The molecule has 2 heterocycles. The van der Waals surface area contributed by atoms with Crippen LogP contribution in [0.15, 0.2) is 53.1 Å². The van der Waals surface area contributed by atoms with Gasteiger partial charge in [-0.1, -0.05) is 17.3 Å². The van der Waals surface area contributed by atoms with E-state index in [1.165, 1.54) is 24.3 Å². The van der Waals surface area contributed by atoms with Gasteiger partial charge in [0.05, 0.1) is 28.0 Å². The zero-order chi connectivity index (χ0) is 19.8. The number of pyridine rings is 1. The number of anilines is 1. The van der Waals surface area contributed by atoms with E-state index in [-0.39, 0.29) is 28.2 Å². The topological polar surface area (TPSA) is 68.0 Å². The van der Waals surface area contributed by atoms with Crippen LogP contribution < -0.4 is 5.32 Å². The van der Waals surface area contributed by atoms with E-state index in [2.05, 4.69) is 15.5 Å². The Kier molecular flexibility index (Phi) is 4.31. The first kappa shape index (κ1) is 17.7. The van der Waals surface area contributed by atoms with Gasteiger partial charge in [-0.3, -0.25) is 4.79 Å². The fourth-order valence-corrected chi connectivity index (χ4v) is 2.86. The van der Waals surface area contributed by atoms with Crippen LogP contribution in [0.2, 0.25) is 0 Å². The lowest BCUT2D eigenvalue weighted by Gasteiger charge is -2.09. The van der Waals surface area contributed by atoms with Crippen LogP contribution in [-0.4, -0.2) is 16.0 Å². The largest absolute Gasteiger partial charge is 0.335 e. The Morgan fingerprint density at radius 2 is 1.82 bits per heavy atom. The summed E-state index contributed by atoms with van der Waals surface area (Å²) in [5, 5.41) is 6.41. The van der Waals surface area contributed by atoms with E-state index in [0.717, 1.165) is 18.2 Å². The highest BCUT2D eigenvalue weighted by molar-refractivity contribution is 6.13. The second-order valence-corrected chi connectivity index (χ2v) is 6.06. The molecule has 0 aliphatic carbocycles. The Morgan fingerprint density at radius 3 is 2.61 bits per heavy atom. The molecule has 2 aromatic carbocycles. The van der Waals surface area contributed by atoms with Crippen LogP contribution in [0.25, 0.3) is 22.4 Å². The zero-order valence-electron chi connectivity index (χ0n) is 14.5. The van der Waals surface area contributed by atoms with E-state index < -0.39 is 23.4 Å². The molecule has 2 aromatic heterocycles. The SMILES string of the molecule is Cc1noc2nc(-c3ccccc3F)cc(C(=O)Nc3cc(F)ccc3F)c12. The molecule has 0 aliphatic heterocycles. The molecule has 0 aliphatic rings. The van der Waals surface area contributed by atoms with Gasteiger partial charge in [-0.25, -0.2) is 18.2 Å². The third kappa shape index (κ3) is 3.09. The van der Waals surface area contributed by atoms with Gasteiger partial charge in [-0.05, 0) is 37.3 Å². The van der Waals surface area contributed by atoms with Crippen LogP contribution in [0.1, 0.15) is 16.1 Å². The number of aryl methyl sites for hydroxylation is 1. The third-order valence-corrected chi connectivity index (χ3v) is 4.19. The van der Waals surface area contributed by atoms with Gasteiger partial charge in [0.2, 0.25) is 0 Å². The molecular formula is C20H12F3N3O2. The van der Waals surface area contributed by atoms with Gasteiger partial charge in [0, 0.05) is 11.6 Å². The summed E-state index contributed by atoms with van der Waals surface area (Å²) in [5.74, 6) is -2.77. The molecule has 0 spiro atoms. The van der Waals surface area contributed by atoms with Crippen LogP contribution >= 0.6 is 0 Å². The van der Waals surface area contributed by atoms with Gasteiger partial charge in [0.15, 0.2) is 0 Å². The molecule has 0 saturated heterocycles. The minimum Gasteiger partial charge on any atom is -0.335 e. The molecule has 4 rings (SSSR count). The van der Waals surface area contributed by atoms with Crippen LogP contribution in [0.4, 0.5) is 18.9 Å². The molecule has 0 bridgehead atoms. The molecule has 4 aromatic rings. The Labute approximate surface area is 156 Å². The van der Waals surface area contributed by atoms with Crippen LogP contribution in [0.5, 0.6) is 0 Å². The standard InChI is InChI=1S/C20H12F3N3O2/c1-10-18-13(19(27)24-17-8-11(21)6-7-15(17)23)9-16(25-20(18)28-26-10)12-4-2-3-5-14(12)22/h2-9H,1H3,(H,24,27). The fraction of sp³-hybridized carbons (Fsp3) is 0.0500. The lowest BCUT2D eigenvalue weighted by atomic mass is 10.0. The maximum absolute atomic E-state index is 14.2. The first-order chi connectivity index (χ1) is 13.4. The van der Waals surface area contributed by atoms with E-state index in [9.17, 15) is 18.0 Å². The van der Waals surface area contributed by atoms with Crippen molar-refractivity contribution in [3.63, 3.8) is 0 Å². The molecule has 1 amide bonds. The maximum atomic E-state index is 14.2. The Bertz CT molecular complexity index is 1220. The van der Waals surface area contributed by atoms with Gasteiger partial charge in [0.25, 0.3) is 11.6 Å². The van der Waals surface area contributed by atoms with Gasteiger partial charge in [-0.15, -0.1) is 0 Å². The van der Waals surface area contributed by atoms with Crippen molar-refractivity contribution in [2.75, 3.05) is 5.32 Å². The number of carbonyl (C=O) groups is 1. The number of amides is 1. The molecule has 140 valence electrons. The zero-order valence-corrected chi connectivity index (χ0v) is 14.5. The lowest BCUT2D eigenvalue weighted by Crippen LogP contribution is -2.14. The maximum Gasteiger partial charge on any atom is 0.259 e. The summed E-state index contributed by atoms with van der Waals surface area (Å²) in [7, 11) is 0. The Morgan fingerprint density at radius 1 is 1.04 bits per heavy atom. The molecule has 5 nitrogen and oxygen atoms in total. The number of benzene rings is 2. The van der Waals surface area contributed by atoms with Crippen LogP contribution in [-0.2, 0) is 0 Å². The summed E-state index contributed by atoms with van der Waals surface area (Å²) in [6, 6.07) is 9.98. The predicted octanol–water partition coefficient (Wildman–Crippen LogP) is 4.87. The number of hydrogen-bond acceptors (Lipinski definition) is 4. The van der Waals surface area contributed by atoms with E-state index >= 15 is 0 Å². The van der Waals surface area contributed by atoms with Crippen molar-refractivity contribution in [1.82, 2.24) is 10.1 Å². The minimum atomic E-state index is -0.795.